The SMILES string of the molecule is CN(C)CC(=O)N1CC2(CC(OCC3CCOCC3)CS2)C1. The van der Waals surface area contributed by atoms with Crippen LogP contribution >= 0.6 is 11.8 Å². The lowest BCUT2D eigenvalue weighted by atomic mass is 9.92. The second kappa shape index (κ2) is 7.07. The second-order valence-corrected chi connectivity index (χ2v) is 8.68. The normalized spacial score (nSPS) is 28.3. The topological polar surface area (TPSA) is 42.0 Å². The molecule has 3 saturated heterocycles. The van der Waals surface area contributed by atoms with Crippen molar-refractivity contribution in [2.45, 2.75) is 30.1 Å². The summed E-state index contributed by atoms with van der Waals surface area (Å²) in [5.74, 6) is 2.01. The highest BCUT2D eigenvalue weighted by Crippen LogP contribution is 2.46. The number of carbonyl (C=O) groups is 1. The van der Waals surface area contributed by atoms with Crippen LogP contribution in [0, 0.1) is 5.92 Å². The van der Waals surface area contributed by atoms with E-state index in [1.165, 1.54) is 0 Å². The van der Waals surface area contributed by atoms with E-state index >= 15 is 0 Å². The summed E-state index contributed by atoms with van der Waals surface area (Å²) in [5.41, 5.74) is 0. The average Bonchev–Trinajstić information content (AvgIpc) is 2.88. The van der Waals surface area contributed by atoms with Crippen molar-refractivity contribution in [1.29, 1.82) is 0 Å². The standard InChI is InChI=1S/C16H28N2O3S/c1-17(2)8-15(19)18-11-16(12-18)7-14(10-22-16)21-9-13-3-5-20-6-4-13/h13-14H,3-12H2,1-2H3. The number of thioether (sulfide) groups is 1. The van der Waals surface area contributed by atoms with E-state index in [2.05, 4.69) is 0 Å². The molecule has 1 spiro atoms. The Morgan fingerprint density at radius 2 is 2.09 bits per heavy atom. The monoisotopic (exact) mass is 328 g/mol. The van der Waals surface area contributed by atoms with Crippen molar-refractivity contribution in [2.75, 3.05) is 59.3 Å². The van der Waals surface area contributed by atoms with Gasteiger partial charge >= 0.3 is 0 Å². The van der Waals surface area contributed by atoms with Gasteiger partial charge in [0.2, 0.25) is 5.91 Å². The molecule has 5 nitrogen and oxygen atoms in total. The van der Waals surface area contributed by atoms with Gasteiger partial charge in [-0.05, 0) is 39.3 Å². The Hall–Kier alpha value is -0.300. The number of hydrogen-bond donors (Lipinski definition) is 0. The first kappa shape index (κ1) is 16.6. The van der Waals surface area contributed by atoms with Crippen LogP contribution in [0.3, 0.4) is 0 Å². The summed E-state index contributed by atoms with van der Waals surface area (Å²) >= 11 is 2.01. The Morgan fingerprint density at radius 1 is 1.36 bits per heavy atom. The molecule has 0 N–H and O–H groups in total. The predicted octanol–water partition coefficient (Wildman–Crippen LogP) is 1.08. The first-order chi connectivity index (χ1) is 10.6. The first-order valence-corrected chi connectivity index (χ1v) is 9.31. The molecule has 3 heterocycles. The maximum atomic E-state index is 12.0. The second-order valence-electron chi connectivity index (χ2n) is 7.20. The van der Waals surface area contributed by atoms with Gasteiger partial charge in [0, 0.05) is 38.7 Å². The Balaban J connectivity index is 1.37. The van der Waals surface area contributed by atoms with Crippen molar-refractivity contribution in [3.8, 4) is 0 Å². The zero-order chi connectivity index (χ0) is 15.6. The Morgan fingerprint density at radius 3 is 2.77 bits per heavy atom. The van der Waals surface area contributed by atoms with Gasteiger partial charge in [0.1, 0.15) is 0 Å². The molecule has 6 heteroatoms. The van der Waals surface area contributed by atoms with Crippen LogP contribution in [0.2, 0.25) is 0 Å². The smallest absolute Gasteiger partial charge is 0.236 e. The average molecular weight is 328 g/mol. The van der Waals surface area contributed by atoms with Crippen molar-refractivity contribution in [3.63, 3.8) is 0 Å². The molecule has 22 heavy (non-hydrogen) atoms. The van der Waals surface area contributed by atoms with Crippen molar-refractivity contribution in [3.05, 3.63) is 0 Å². The molecule has 1 unspecified atom stereocenters. The minimum absolute atomic E-state index is 0.253. The molecule has 126 valence electrons. The third-order valence-electron chi connectivity index (χ3n) is 4.85. The molecule has 0 aromatic heterocycles. The van der Waals surface area contributed by atoms with Crippen molar-refractivity contribution >= 4 is 17.7 Å². The molecule has 3 fully saturated rings. The highest BCUT2D eigenvalue weighted by atomic mass is 32.2. The number of nitrogens with zero attached hydrogens (tertiary/aromatic N) is 2. The van der Waals surface area contributed by atoms with E-state index in [0.29, 0.717) is 18.6 Å². The van der Waals surface area contributed by atoms with Gasteiger partial charge in [0.25, 0.3) is 0 Å². The van der Waals surface area contributed by atoms with Crippen LogP contribution in [-0.4, -0.2) is 85.9 Å². The van der Waals surface area contributed by atoms with Gasteiger partial charge in [0.15, 0.2) is 0 Å². The third-order valence-corrected chi connectivity index (χ3v) is 6.42. The van der Waals surface area contributed by atoms with E-state index in [-0.39, 0.29) is 10.7 Å². The van der Waals surface area contributed by atoms with Gasteiger partial charge in [0.05, 0.1) is 17.4 Å². The fourth-order valence-corrected chi connectivity index (χ4v) is 5.06. The zero-order valence-corrected chi connectivity index (χ0v) is 14.6. The fourth-order valence-electron chi connectivity index (χ4n) is 3.51. The third kappa shape index (κ3) is 3.96. The molecule has 1 amide bonds. The van der Waals surface area contributed by atoms with Crippen LogP contribution in [-0.2, 0) is 14.3 Å². The molecular formula is C16H28N2O3S. The summed E-state index contributed by atoms with van der Waals surface area (Å²) in [6, 6.07) is 0. The number of ether oxygens (including phenoxy) is 2. The molecule has 0 saturated carbocycles. The van der Waals surface area contributed by atoms with E-state index in [4.69, 9.17) is 9.47 Å². The molecule has 3 aliphatic heterocycles. The van der Waals surface area contributed by atoms with Gasteiger partial charge < -0.3 is 19.3 Å². The largest absolute Gasteiger partial charge is 0.381 e. The zero-order valence-electron chi connectivity index (χ0n) is 13.8. The Bertz CT molecular complexity index is 393. The van der Waals surface area contributed by atoms with Gasteiger partial charge in [-0.3, -0.25) is 4.79 Å². The number of likely N-dealkylation sites (tertiary alicyclic amines) is 1. The molecule has 0 aromatic carbocycles. The molecule has 1 atom stereocenters. The Labute approximate surface area is 137 Å². The summed E-state index contributed by atoms with van der Waals surface area (Å²) in [5, 5.41) is 0. The maximum absolute atomic E-state index is 12.0. The summed E-state index contributed by atoms with van der Waals surface area (Å²) in [4.78, 5) is 16.0. The lowest BCUT2D eigenvalue weighted by molar-refractivity contribution is -0.137. The van der Waals surface area contributed by atoms with E-state index < -0.39 is 0 Å². The lowest BCUT2D eigenvalue weighted by Crippen LogP contribution is -2.62. The van der Waals surface area contributed by atoms with Crippen LogP contribution in [0.1, 0.15) is 19.3 Å². The van der Waals surface area contributed by atoms with Gasteiger partial charge in [-0.2, -0.15) is 0 Å². The van der Waals surface area contributed by atoms with Crippen molar-refractivity contribution in [2.24, 2.45) is 5.92 Å². The predicted molar refractivity (Wildman–Crippen MR) is 88.2 cm³/mol. The number of hydrogen-bond acceptors (Lipinski definition) is 5. The van der Waals surface area contributed by atoms with Crippen LogP contribution in [0.5, 0.6) is 0 Å². The quantitative estimate of drug-likeness (QED) is 0.755. The molecule has 0 aromatic rings. The molecule has 0 bridgehead atoms. The van der Waals surface area contributed by atoms with Gasteiger partial charge in [-0.15, -0.1) is 11.8 Å². The summed E-state index contributed by atoms with van der Waals surface area (Å²) < 4.78 is 11.8. The highest BCUT2D eigenvalue weighted by Gasteiger charge is 2.50. The van der Waals surface area contributed by atoms with Crippen LogP contribution in [0.25, 0.3) is 0 Å². The van der Waals surface area contributed by atoms with E-state index in [1.807, 2.05) is 35.7 Å². The minimum atomic E-state index is 0.253. The van der Waals surface area contributed by atoms with E-state index in [1.54, 1.807) is 0 Å². The number of rotatable bonds is 5. The molecule has 3 rings (SSSR count). The Kier molecular flexibility index (Phi) is 5.32. The van der Waals surface area contributed by atoms with Gasteiger partial charge in [-0.25, -0.2) is 0 Å². The number of amides is 1. The summed E-state index contributed by atoms with van der Waals surface area (Å²) in [6.45, 7) is 4.99. The van der Waals surface area contributed by atoms with Crippen LogP contribution < -0.4 is 0 Å². The van der Waals surface area contributed by atoms with Crippen LogP contribution in [0.4, 0.5) is 0 Å². The summed E-state index contributed by atoms with van der Waals surface area (Å²) in [7, 11) is 3.88. The molecule has 0 aliphatic carbocycles. The molecule has 0 radical (unpaired) electrons. The number of carbonyl (C=O) groups excluding carboxylic acids is 1. The highest BCUT2D eigenvalue weighted by molar-refractivity contribution is 8.01. The van der Waals surface area contributed by atoms with Gasteiger partial charge in [-0.1, -0.05) is 0 Å². The van der Waals surface area contributed by atoms with Crippen molar-refractivity contribution in [1.82, 2.24) is 9.80 Å². The van der Waals surface area contributed by atoms with E-state index in [0.717, 1.165) is 57.9 Å². The summed E-state index contributed by atoms with van der Waals surface area (Å²) in [6.07, 6.45) is 3.75. The number of likely N-dealkylation sites (N-methyl/N-ethyl adjacent to an activating group) is 1. The molecule has 3 aliphatic rings. The first-order valence-electron chi connectivity index (χ1n) is 8.32. The molecular weight excluding hydrogens is 300 g/mol. The maximum Gasteiger partial charge on any atom is 0.236 e. The van der Waals surface area contributed by atoms with Crippen molar-refractivity contribution < 1.29 is 14.3 Å². The fraction of sp³-hybridized carbons (Fsp3) is 0.938. The van der Waals surface area contributed by atoms with E-state index in [9.17, 15) is 4.79 Å². The van der Waals surface area contributed by atoms with Crippen LogP contribution in [0.15, 0.2) is 0 Å². The minimum Gasteiger partial charge on any atom is -0.381 e. The lowest BCUT2D eigenvalue weighted by Gasteiger charge is -2.47.